The lowest BCUT2D eigenvalue weighted by molar-refractivity contribution is -0.115. The van der Waals surface area contributed by atoms with Gasteiger partial charge in [0.2, 0.25) is 15.9 Å². The first-order valence-electron chi connectivity index (χ1n) is 10.2. The predicted octanol–water partition coefficient (Wildman–Crippen LogP) is 3.11. The Morgan fingerprint density at radius 2 is 1.52 bits per heavy atom. The largest absolute Gasteiger partial charge is 0.325 e. The number of amides is 1. The van der Waals surface area contributed by atoms with Gasteiger partial charge >= 0.3 is 0 Å². The maximum absolute atomic E-state index is 12.8. The van der Waals surface area contributed by atoms with Crippen molar-refractivity contribution in [2.45, 2.75) is 68.7 Å². The van der Waals surface area contributed by atoms with E-state index in [0.717, 1.165) is 38.5 Å². The van der Waals surface area contributed by atoms with E-state index in [1.165, 1.54) is 19.3 Å². The predicted molar refractivity (Wildman–Crippen MR) is 107 cm³/mol. The van der Waals surface area contributed by atoms with Crippen LogP contribution >= 0.6 is 0 Å². The second-order valence-corrected chi connectivity index (χ2v) is 9.54. The number of nitrogens with zero attached hydrogens (tertiary/aromatic N) is 1. The number of carbonyl (C=O) groups excluding carboxylic acids is 1. The molecule has 1 amide bonds. The monoisotopic (exact) mass is 393 g/mol. The molecule has 2 N–H and O–H groups in total. The van der Waals surface area contributed by atoms with Gasteiger partial charge in [0.05, 0.1) is 11.4 Å². The first-order chi connectivity index (χ1) is 13.1. The Hall–Kier alpha value is -1.44. The molecule has 1 aromatic carbocycles. The minimum Gasteiger partial charge on any atom is -0.325 e. The molecule has 0 spiro atoms. The summed E-state index contributed by atoms with van der Waals surface area (Å²) in [7, 11) is -3.45. The van der Waals surface area contributed by atoms with E-state index >= 15 is 0 Å². The van der Waals surface area contributed by atoms with Crippen LogP contribution in [0.5, 0.6) is 0 Å². The van der Waals surface area contributed by atoms with Gasteiger partial charge in [0.15, 0.2) is 0 Å². The molecule has 0 aromatic heterocycles. The summed E-state index contributed by atoms with van der Waals surface area (Å²) in [5.74, 6) is -0.0938. The van der Waals surface area contributed by atoms with E-state index in [0.29, 0.717) is 36.3 Å². The molecule has 2 fully saturated rings. The van der Waals surface area contributed by atoms with Gasteiger partial charge in [-0.15, -0.1) is 0 Å². The van der Waals surface area contributed by atoms with Crippen LogP contribution in [0.2, 0.25) is 0 Å². The van der Waals surface area contributed by atoms with Crippen LogP contribution in [0, 0.1) is 0 Å². The van der Waals surface area contributed by atoms with Crippen molar-refractivity contribution in [3.63, 3.8) is 0 Å². The number of rotatable bonds is 6. The molecule has 3 rings (SSSR count). The fourth-order valence-electron chi connectivity index (χ4n) is 3.89. The minimum absolute atomic E-state index is 0.0938. The summed E-state index contributed by atoms with van der Waals surface area (Å²) < 4.78 is 27.1. The van der Waals surface area contributed by atoms with Crippen molar-refractivity contribution in [3.8, 4) is 0 Å². The van der Waals surface area contributed by atoms with Crippen molar-refractivity contribution in [3.05, 3.63) is 24.3 Å². The van der Waals surface area contributed by atoms with Gasteiger partial charge in [-0.1, -0.05) is 32.1 Å². The third-order valence-corrected chi connectivity index (χ3v) is 7.41. The molecule has 1 aromatic rings. The molecule has 1 saturated heterocycles. The fraction of sp³-hybridized carbons (Fsp3) is 0.650. The van der Waals surface area contributed by atoms with Gasteiger partial charge in [0, 0.05) is 24.8 Å². The fourth-order valence-corrected chi connectivity index (χ4v) is 5.41. The Bertz CT molecular complexity index is 704. The van der Waals surface area contributed by atoms with Gasteiger partial charge in [-0.05, 0) is 49.9 Å². The SMILES string of the molecule is O=C(CNC1CCCCC1)Nc1ccc(S(=O)(=O)N2CCCCCC2)cc1. The van der Waals surface area contributed by atoms with Gasteiger partial charge in [-0.3, -0.25) is 4.79 Å². The Morgan fingerprint density at radius 1 is 0.926 bits per heavy atom. The summed E-state index contributed by atoms with van der Waals surface area (Å²) in [4.78, 5) is 12.4. The Kier molecular flexibility index (Phi) is 7.26. The average Bonchev–Trinajstić information content (AvgIpc) is 2.98. The van der Waals surface area contributed by atoms with Crippen molar-refractivity contribution in [1.29, 1.82) is 0 Å². The van der Waals surface area contributed by atoms with Crippen LogP contribution < -0.4 is 10.6 Å². The molecule has 0 unspecified atom stereocenters. The number of hydrogen-bond donors (Lipinski definition) is 2. The molecule has 27 heavy (non-hydrogen) atoms. The van der Waals surface area contributed by atoms with E-state index in [2.05, 4.69) is 10.6 Å². The summed E-state index contributed by atoms with van der Waals surface area (Å²) in [5.41, 5.74) is 0.625. The summed E-state index contributed by atoms with van der Waals surface area (Å²) in [6.07, 6.45) is 10.0. The number of hydrogen-bond acceptors (Lipinski definition) is 4. The summed E-state index contributed by atoms with van der Waals surface area (Å²) >= 11 is 0. The van der Waals surface area contributed by atoms with Crippen LogP contribution in [0.1, 0.15) is 57.8 Å². The second kappa shape index (κ2) is 9.66. The first kappa shape index (κ1) is 20.3. The average molecular weight is 394 g/mol. The third kappa shape index (κ3) is 5.77. The number of benzene rings is 1. The van der Waals surface area contributed by atoms with Crippen LogP contribution in [0.25, 0.3) is 0 Å². The first-order valence-corrected chi connectivity index (χ1v) is 11.6. The van der Waals surface area contributed by atoms with E-state index in [4.69, 9.17) is 0 Å². The molecule has 0 bridgehead atoms. The quantitative estimate of drug-likeness (QED) is 0.778. The lowest BCUT2D eigenvalue weighted by Gasteiger charge is -2.22. The number of sulfonamides is 1. The van der Waals surface area contributed by atoms with Gasteiger partial charge in [0.1, 0.15) is 0 Å². The standard InChI is InChI=1S/C20H31N3O3S/c24-20(16-21-17-8-4-3-5-9-17)22-18-10-12-19(13-11-18)27(25,26)23-14-6-1-2-7-15-23/h10-13,17,21H,1-9,14-16H2,(H,22,24). The molecule has 7 heteroatoms. The zero-order valence-corrected chi connectivity index (χ0v) is 16.8. The second-order valence-electron chi connectivity index (χ2n) is 7.61. The van der Waals surface area contributed by atoms with Crippen LogP contribution in [-0.2, 0) is 14.8 Å². The lowest BCUT2D eigenvalue weighted by atomic mass is 9.95. The molecule has 1 aliphatic heterocycles. The van der Waals surface area contributed by atoms with Gasteiger partial charge < -0.3 is 10.6 Å². The molecule has 150 valence electrons. The molecule has 2 aliphatic rings. The van der Waals surface area contributed by atoms with E-state index in [1.54, 1.807) is 28.6 Å². The van der Waals surface area contributed by atoms with Crippen LogP contribution in [-0.4, -0.2) is 44.3 Å². The molecule has 6 nitrogen and oxygen atoms in total. The topological polar surface area (TPSA) is 78.5 Å². The number of carbonyl (C=O) groups is 1. The summed E-state index contributed by atoms with van der Waals surface area (Å²) in [6.45, 7) is 1.47. The van der Waals surface area contributed by atoms with E-state index in [-0.39, 0.29) is 5.91 Å². The van der Waals surface area contributed by atoms with Crippen molar-refractivity contribution < 1.29 is 13.2 Å². The molecule has 1 heterocycles. The van der Waals surface area contributed by atoms with E-state index in [1.807, 2.05) is 0 Å². The number of nitrogens with one attached hydrogen (secondary N) is 2. The van der Waals surface area contributed by atoms with E-state index < -0.39 is 10.0 Å². The van der Waals surface area contributed by atoms with Crippen molar-refractivity contribution in [2.24, 2.45) is 0 Å². The zero-order chi connectivity index (χ0) is 19.1. The third-order valence-electron chi connectivity index (χ3n) is 5.50. The number of anilines is 1. The van der Waals surface area contributed by atoms with E-state index in [9.17, 15) is 13.2 Å². The molecule has 1 aliphatic carbocycles. The van der Waals surface area contributed by atoms with Crippen molar-refractivity contribution in [2.75, 3.05) is 25.0 Å². The van der Waals surface area contributed by atoms with Crippen LogP contribution in [0.4, 0.5) is 5.69 Å². The highest BCUT2D eigenvalue weighted by Crippen LogP contribution is 2.22. The molecular weight excluding hydrogens is 362 g/mol. The van der Waals surface area contributed by atoms with Crippen molar-refractivity contribution in [1.82, 2.24) is 9.62 Å². The Balaban J connectivity index is 1.53. The maximum atomic E-state index is 12.8. The van der Waals surface area contributed by atoms with Crippen LogP contribution in [0.3, 0.4) is 0 Å². The van der Waals surface area contributed by atoms with Crippen molar-refractivity contribution >= 4 is 21.6 Å². The highest BCUT2D eigenvalue weighted by atomic mass is 32.2. The minimum atomic E-state index is -3.45. The van der Waals surface area contributed by atoms with Gasteiger partial charge in [0.25, 0.3) is 0 Å². The lowest BCUT2D eigenvalue weighted by Crippen LogP contribution is -2.37. The zero-order valence-electron chi connectivity index (χ0n) is 16.0. The Morgan fingerprint density at radius 3 is 2.15 bits per heavy atom. The maximum Gasteiger partial charge on any atom is 0.243 e. The van der Waals surface area contributed by atoms with Gasteiger partial charge in [-0.25, -0.2) is 8.42 Å². The Labute approximate surface area is 162 Å². The van der Waals surface area contributed by atoms with Gasteiger partial charge in [-0.2, -0.15) is 4.31 Å². The summed E-state index contributed by atoms with van der Waals surface area (Å²) in [5, 5.41) is 6.15. The molecule has 0 atom stereocenters. The molecule has 0 radical (unpaired) electrons. The smallest absolute Gasteiger partial charge is 0.243 e. The highest BCUT2D eigenvalue weighted by molar-refractivity contribution is 7.89. The normalized spacial score (nSPS) is 20.1. The highest BCUT2D eigenvalue weighted by Gasteiger charge is 2.25. The van der Waals surface area contributed by atoms with Crippen LogP contribution in [0.15, 0.2) is 29.2 Å². The summed E-state index contributed by atoms with van der Waals surface area (Å²) in [6, 6.07) is 6.95. The molecule has 1 saturated carbocycles. The molecular formula is C20H31N3O3S.